The van der Waals surface area contributed by atoms with E-state index in [0.29, 0.717) is 0 Å². The van der Waals surface area contributed by atoms with Crippen molar-refractivity contribution >= 4 is 16.7 Å². The first-order chi connectivity index (χ1) is 9.60. The van der Waals surface area contributed by atoms with Crippen LogP contribution in [-0.2, 0) is 6.54 Å². The Labute approximate surface area is 120 Å². The predicted molar refractivity (Wildman–Crippen MR) is 84.4 cm³/mol. The molecule has 2 rings (SSSR count). The van der Waals surface area contributed by atoms with Crippen molar-refractivity contribution in [3.63, 3.8) is 0 Å². The predicted octanol–water partition coefficient (Wildman–Crippen LogP) is 1.51. The molecule has 0 atom stereocenters. The number of rotatable bonds is 6. The number of aromatic nitrogens is 1. The van der Waals surface area contributed by atoms with Gasteiger partial charge in [-0.1, -0.05) is 18.2 Å². The molecule has 0 amide bonds. The number of para-hydroxylation sites is 1. The molecule has 0 aliphatic carbocycles. The number of hydrogen-bond acceptors (Lipinski definition) is 5. The Bertz CT molecular complexity index is 567. The maximum Gasteiger partial charge on any atom is 0.145 e. The summed E-state index contributed by atoms with van der Waals surface area (Å²) < 4.78 is 0. The molecule has 0 saturated heterocycles. The minimum Gasteiger partial charge on any atom is -0.308 e. The Morgan fingerprint density at radius 2 is 1.90 bits per heavy atom. The summed E-state index contributed by atoms with van der Waals surface area (Å²) in [6, 6.07) is 10.2. The molecule has 3 N–H and O–H groups in total. The van der Waals surface area contributed by atoms with Crippen molar-refractivity contribution in [2.75, 3.05) is 39.7 Å². The van der Waals surface area contributed by atoms with Crippen molar-refractivity contribution in [1.82, 2.24) is 14.8 Å². The molecular formula is C15H23N5. The average Bonchev–Trinajstić information content (AvgIpc) is 2.44. The van der Waals surface area contributed by atoms with E-state index in [0.717, 1.165) is 41.9 Å². The zero-order chi connectivity index (χ0) is 14.5. The van der Waals surface area contributed by atoms with E-state index in [2.05, 4.69) is 53.5 Å². The number of nitrogen functional groups attached to an aromatic ring is 1. The molecule has 0 unspecified atom stereocenters. The molecule has 0 bridgehead atoms. The SMILES string of the molecule is CN(C)CCN(C)Cc1cc2ccccc2nc1NN. The van der Waals surface area contributed by atoms with Gasteiger partial charge in [0, 0.05) is 30.6 Å². The topological polar surface area (TPSA) is 57.4 Å². The van der Waals surface area contributed by atoms with Crippen molar-refractivity contribution in [1.29, 1.82) is 0 Å². The highest BCUT2D eigenvalue weighted by Crippen LogP contribution is 2.20. The summed E-state index contributed by atoms with van der Waals surface area (Å²) >= 11 is 0. The van der Waals surface area contributed by atoms with Crippen LogP contribution in [0.1, 0.15) is 5.56 Å². The van der Waals surface area contributed by atoms with Crippen molar-refractivity contribution in [2.45, 2.75) is 6.54 Å². The first-order valence-electron chi connectivity index (χ1n) is 6.78. The lowest BCUT2D eigenvalue weighted by Gasteiger charge is -2.20. The smallest absolute Gasteiger partial charge is 0.145 e. The van der Waals surface area contributed by atoms with Gasteiger partial charge in [-0.05, 0) is 33.3 Å². The Morgan fingerprint density at radius 3 is 2.60 bits per heavy atom. The Hall–Kier alpha value is -1.69. The van der Waals surface area contributed by atoms with Crippen LogP contribution < -0.4 is 11.3 Å². The maximum atomic E-state index is 5.60. The number of nitrogens with zero attached hydrogens (tertiary/aromatic N) is 3. The maximum absolute atomic E-state index is 5.60. The molecule has 2 aromatic rings. The number of nitrogens with two attached hydrogens (primary N) is 1. The van der Waals surface area contributed by atoms with Gasteiger partial charge >= 0.3 is 0 Å². The van der Waals surface area contributed by atoms with E-state index in [-0.39, 0.29) is 0 Å². The van der Waals surface area contributed by atoms with Crippen LogP contribution in [0.5, 0.6) is 0 Å². The fraction of sp³-hybridized carbons (Fsp3) is 0.400. The third-order valence-corrected chi connectivity index (χ3v) is 3.31. The summed E-state index contributed by atoms with van der Waals surface area (Å²) in [5, 5.41) is 1.14. The van der Waals surface area contributed by atoms with Gasteiger partial charge in [0.15, 0.2) is 0 Å². The van der Waals surface area contributed by atoms with Crippen LogP contribution in [-0.4, -0.2) is 49.0 Å². The number of hydrogen-bond donors (Lipinski definition) is 2. The van der Waals surface area contributed by atoms with Gasteiger partial charge in [-0.25, -0.2) is 10.8 Å². The lowest BCUT2D eigenvalue weighted by Crippen LogP contribution is -2.28. The van der Waals surface area contributed by atoms with Crippen LogP contribution in [0.25, 0.3) is 10.9 Å². The molecule has 0 aliphatic heterocycles. The summed E-state index contributed by atoms with van der Waals surface area (Å²) in [7, 11) is 6.27. The summed E-state index contributed by atoms with van der Waals surface area (Å²) in [5.41, 5.74) is 4.79. The van der Waals surface area contributed by atoms with Gasteiger partial charge in [0.1, 0.15) is 5.82 Å². The quantitative estimate of drug-likeness (QED) is 0.617. The van der Waals surface area contributed by atoms with Gasteiger partial charge in [0.25, 0.3) is 0 Å². The van der Waals surface area contributed by atoms with Crippen LogP contribution in [0.15, 0.2) is 30.3 Å². The van der Waals surface area contributed by atoms with E-state index in [1.807, 2.05) is 18.2 Å². The minimum absolute atomic E-state index is 0.750. The molecule has 108 valence electrons. The lowest BCUT2D eigenvalue weighted by molar-refractivity contribution is 0.276. The molecule has 5 nitrogen and oxygen atoms in total. The fourth-order valence-corrected chi connectivity index (χ4v) is 2.15. The molecule has 1 heterocycles. The van der Waals surface area contributed by atoms with Crippen LogP contribution in [0.3, 0.4) is 0 Å². The average molecular weight is 273 g/mol. The standard InChI is InChI=1S/C15H23N5/c1-19(2)8-9-20(3)11-13-10-12-6-4-5-7-14(12)17-15(13)18-16/h4-7,10H,8-9,11,16H2,1-3H3,(H,17,18). The van der Waals surface area contributed by atoms with E-state index in [9.17, 15) is 0 Å². The zero-order valence-electron chi connectivity index (χ0n) is 12.4. The van der Waals surface area contributed by atoms with Crippen molar-refractivity contribution in [2.24, 2.45) is 5.84 Å². The largest absolute Gasteiger partial charge is 0.308 e. The first-order valence-corrected chi connectivity index (χ1v) is 6.78. The zero-order valence-corrected chi connectivity index (χ0v) is 12.4. The number of nitrogens with one attached hydrogen (secondary N) is 1. The van der Waals surface area contributed by atoms with Crippen LogP contribution in [0.2, 0.25) is 0 Å². The van der Waals surface area contributed by atoms with Crippen molar-refractivity contribution in [3.8, 4) is 0 Å². The second-order valence-corrected chi connectivity index (χ2v) is 5.37. The van der Waals surface area contributed by atoms with Gasteiger partial charge in [-0.3, -0.25) is 0 Å². The highest BCUT2D eigenvalue weighted by atomic mass is 15.3. The van der Waals surface area contributed by atoms with E-state index < -0.39 is 0 Å². The molecule has 5 heteroatoms. The van der Waals surface area contributed by atoms with E-state index in [1.165, 1.54) is 0 Å². The van der Waals surface area contributed by atoms with Crippen LogP contribution in [0, 0.1) is 0 Å². The van der Waals surface area contributed by atoms with E-state index in [4.69, 9.17) is 5.84 Å². The molecule has 0 aliphatic rings. The molecular weight excluding hydrogens is 250 g/mol. The number of hydrazine groups is 1. The van der Waals surface area contributed by atoms with Crippen LogP contribution >= 0.6 is 0 Å². The summed E-state index contributed by atoms with van der Waals surface area (Å²) in [4.78, 5) is 9.02. The van der Waals surface area contributed by atoms with Gasteiger partial charge in [0.05, 0.1) is 5.52 Å². The lowest BCUT2D eigenvalue weighted by atomic mass is 10.1. The minimum atomic E-state index is 0.750. The van der Waals surface area contributed by atoms with Gasteiger partial charge < -0.3 is 15.2 Å². The summed E-state index contributed by atoms with van der Waals surface area (Å²) in [6.45, 7) is 2.86. The van der Waals surface area contributed by atoms with Gasteiger partial charge in [-0.2, -0.15) is 0 Å². The first kappa shape index (κ1) is 14.7. The highest BCUT2D eigenvalue weighted by Gasteiger charge is 2.08. The normalized spacial score (nSPS) is 11.5. The Kier molecular flexibility index (Phi) is 4.89. The highest BCUT2D eigenvalue weighted by molar-refractivity contribution is 5.81. The molecule has 1 aromatic heterocycles. The third kappa shape index (κ3) is 3.66. The third-order valence-electron chi connectivity index (χ3n) is 3.31. The van der Waals surface area contributed by atoms with Gasteiger partial charge in [-0.15, -0.1) is 0 Å². The van der Waals surface area contributed by atoms with Crippen molar-refractivity contribution in [3.05, 3.63) is 35.9 Å². The molecule has 0 radical (unpaired) electrons. The molecule has 0 spiro atoms. The Balaban J connectivity index is 2.19. The monoisotopic (exact) mass is 273 g/mol. The summed E-state index contributed by atoms with van der Waals surface area (Å²) in [6.07, 6.45) is 0. The summed E-state index contributed by atoms with van der Waals surface area (Å²) in [5.74, 6) is 6.35. The van der Waals surface area contributed by atoms with E-state index in [1.54, 1.807) is 0 Å². The number of likely N-dealkylation sites (N-methyl/N-ethyl adjacent to an activating group) is 2. The number of benzene rings is 1. The number of anilines is 1. The van der Waals surface area contributed by atoms with Crippen molar-refractivity contribution < 1.29 is 0 Å². The Morgan fingerprint density at radius 1 is 1.15 bits per heavy atom. The number of fused-ring (bicyclic) bond motifs is 1. The fourth-order valence-electron chi connectivity index (χ4n) is 2.15. The number of pyridine rings is 1. The second kappa shape index (κ2) is 6.65. The molecule has 0 saturated carbocycles. The second-order valence-electron chi connectivity index (χ2n) is 5.37. The molecule has 1 aromatic carbocycles. The van der Waals surface area contributed by atoms with E-state index >= 15 is 0 Å². The van der Waals surface area contributed by atoms with Gasteiger partial charge in [0.2, 0.25) is 0 Å². The van der Waals surface area contributed by atoms with Crippen LogP contribution in [0.4, 0.5) is 5.82 Å². The molecule has 20 heavy (non-hydrogen) atoms. The molecule has 0 fully saturated rings.